The Bertz CT molecular complexity index is 1020. The fourth-order valence-corrected chi connectivity index (χ4v) is 3.87. The lowest BCUT2D eigenvalue weighted by Crippen LogP contribution is -2.36. The molecule has 6 nitrogen and oxygen atoms in total. The van der Waals surface area contributed by atoms with E-state index in [9.17, 15) is 0 Å². The van der Waals surface area contributed by atoms with E-state index in [2.05, 4.69) is 53.8 Å². The van der Waals surface area contributed by atoms with E-state index in [1.165, 1.54) is 17.0 Å². The molecule has 5 heterocycles. The van der Waals surface area contributed by atoms with Crippen molar-refractivity contribution in [2.45, 2.75) is 19.0 Å². The lowest BCUT2D eigenvalue weighted by atomic mass is 9.96. The smallest absolute Gasteiger partial charge is 0.136 e. The molecule has 134 valence electrons. The minimum Gasteiger partial charge on any atom is -0.348 e. The van der Waals surface area contributed by atoms with Crippen LogP contribution in [-0.2, 0) is 13.0 Å². The molecule has 1 aliphatic heterocycles. The molecule has 1 N–H and O–H groups in total. The standard InChI is InChI=1S/C21H20N6/c1-2-10-23-19(7-1)27-11-4-6-17(27)14-26-12-8-18-20(25-15-24-18)21(26)16-5-3-9-22-13-16/h1-7,9-11,13,15,21H,8,12,14H2,(H,24,25)/t21-/m0/s1. The van der Waals surface area contributed by atoms with Crippen LogP contribution in [0.25, 0.3) is 5.82 Å². The quantitative estimate of drug-likeness (QED) is 0.610. The normalized spacial score (nSPS) is 17.0. The van der Waals surface area contributed by atoms with Gasteiger partial charge in [0, 0.05) is 55.7 Å². The number of aromatic amines is 1. The molecule has 0 aliphatic carbocycles. The Balaban J connectivity index is 1.51. The average molecular weight is 356 g/mol. The molecule has 0 bridgehead atoms. The van der Waals surface area contributed by atoms with E-state index in [1.807, 2.05) is 42.9 Å². The van der Waals surface area contributed by atoms with Crippen LogP contribution < -0.4 is 0 Å². The van der Waals surface area contributed by atoms with Crippen LogP contribution in [0.1, 0.15) is 28.7 Å². The SMILES string of the molecule is c1ccc(-n2cccc2CN2CCc3[nH]cnc3[C@@H]2c2cccnc2)nc1. The van der Waals surface area contributed by atoms with Crippen LogP contribution in [-0.4, -0.2) is 35.9 Å². The molecule has 1 atom stereocenters. The van der Waals surface area contributed by atoms with Crippen LogP contribution >= 0.6 is 0 Å². The van der Waals surface area contributed by atoms with Crippen molar-refractivity contribution in [2.24, 2.45) is 0 Å². The summed E-state index contributed by atoms with van der Waals surface area (Å²) in [6, 6.07) is 14.4. The fraction of sp³-hybridized carbons (Fsp3) is 0.190. The second kappa shape index (κ2) is 6.81. The van der Waals surface area contributed by atoms with Gasteiger partial charge in [-0.05, 0) is 35.9 Å². The number of rotatable bonds is 4. The highest BCUT2D eigenvalue weighted by Crippen LogP contribution is 2.34. The highest BCUT2D eigenvalue weighted by Gasteiger charge is 2.31. The monoisotopic (exact) mass is 356 g/mol. The van der Waals surface area contributed by atoms with E-state index in [4.69, 9.17) is 0 Å². The van der Waals surface area contributed by atoms with Gasteiger partial charge in [0.05, 0.1) is 18.1 Å². The molecule has 0 aromatic carbocycles. The van der Waals surface area contributed by atoms with E-state index in [0.29, 0.717) is 0 Å². The highest BCUT2D eigenvalue weighted by molar-refractivity contribution is 5.32. The average Bonchev–Trinajstić information content (AvgIpc) is 3.38. The van der Waals surface area contributed by atoms with Crippen LogP contribution in [0.5, 0.6) is 0 Å². The Morgan fingerprint density at radius 1 is 1.04 bits per heavy atom. The van der Waals surface area contributed by atoms with Crippen molar-refractivity contribution in [3.8, 4) is 5.82 Å². The Hall–Kier alpha value is -3.25. The Morgan fingerprint density at radius 2 is 2.04 bits per heavy atom. The van der Waals surface area contributed by atoms with Gasteiger partial charge < -0.3 is 9.55 Å². The second-order valence-electron chi connectivity index (χ2n) is 6.73. The first-order valence-corrected chi connectivity index (χ1v) is 9.14. The molecular weight excluding hydrogens is 336 g/mol. The van der Waals surface area contributed by atoms with Crippen LogP contribution in [0.15, 0.2) is 73.6 Å². The molecule has 0 saturated heterocycles. The number of nitrogens with zero attached hydrogens (tertiary/aromatic N) is 5. The predicted octanol–water partition coefficient (Wildman–Crippen LogP) is 3.14. The van der Waals surface area contributed by atoms with Gasteiger partial charge in [-0.3, -0.25) is 9.88 Å². The summed E-state index contributed by atoms with van der Waals surface area (Å²) in [4.78, 5) is 19.2. The van der Waals surface area contributed by atoms with E-state index in [1.54, 1.807) is 6.33 Å². The lowest BCUT2D eigenvalue weighted by Gasteiger charge is -2.35. The molecule has 0 fully saturated rings. The molecule has 1 aliphatic rings. The first-order chi connectivity index (χ1) is 13.4. The van der Waals surface area contributed by atoms with Crippen molar-refractivity contribution in [3.63, 3.8) is 0 Å². The molecule has 4 aromatic heterocycles. The van der Waals surface area contributed by atoms with Crippen molar-refractivity contribution in [1.82, 2.24) is 29.4 Å². The highest BCUT2D eigenvalue weighted by atomic mass is 15.2. The molecule has 27 heavy (non-hydrogen) atoms. The number of hydrogen-bond acceptors (Lipinski definition) is 4. The minimum atomic E-state index is 0.0979. The van der Waals surface area contributed by atoms with Crippen LogP contribution in [0, 0.1) is 0 Å². The van der Waals surface area contributed by atoms with E-state index >= 15 is 0 Å². The first-order valence-electron chi connectivity index (χ1n) is 9.14. The van der Waals surface area contributed by atoms with Crippen molar-refractivity contribution < 1.29 is 0 Å². The number of aromatic nitrogens is 5. The van der Waals surface area contributed by atoms with Crippen LogP contribution in [0.4, 0.5) is 0 Å². The number of nitrogens with one attached hydrogen (secondary N) is 1. The van der Waals surface area contributed by atoms with Crippen molar-refractivity contribution in [2.75, 3.05) is 6.54 Å². The summed E-state index contributed by atoms with van der Waals surface area (Å²) in [7, 11) is 0. The molecule has 4 aromatic rings. The summed E-state index contributed by atoms with van der Waals surface area (Å²) < 4.78 is 2.15. The molecule has 0 amide bonds. The van der Waals surface area contributed by atoms with Gasteiger partial charge in [-0.1, -0.05) is 12.1 Å². The van der Waals surface area contributed by atoms with Gasteiger partial charge in [0.25, 0.3) is 0 Å². The fourth-order valence-electron chi connectivity index (χ4n) is 3.87. The number of imidazole rings is 1. The molecule has 0 radical (unpaired) electrons. The van der Waals surface area contributed by atoms with Crippen molar-refractivity contribution in [3.05, 3.63) is 96.2 Å². The number of fused-ring (bicyclic) bond motifs is 1. The maximum atomic E-state index is 4.63. The Labute approximate surface area is 157 Å². The molecule has 5 rings (SSSR count). The van der Waals surface area contributed by atoms with E-state index in [0.717, 1.165) is 31.0 Å². The summed E-state index contributed by atoms with van der Waals surface area (Å²) in [5.41, 5.74) is 4.70. The molecule has 0 saturated carbocycles. The van der Waals surface area contributed by atoms with Gasteiger partial charge in [-0.25, -0.2) is 9.97 Å². The molecule has 6 heteroatoms. The van der Waals surface area contributed by atoms with Gasteiger partial charge in [0.15, 0.2) is 0 Å². The predicted molar refractivity (Wildman–Crippen MR) is 102 cm³/mol. The third-order valence-electron chi connectivity index (χ3n) is 5.12. The van der Waals surface area contributed by atoms with Crippen molar-refractivity contribution in [1.29, 1.82) is 0 Å². The van der Waals surface area contributed by atoms with E-state index in [-0.39, 0.29) is 6.04 Å². The van der Waals surface area contributed by atoms with Gasteiger partial charge in [-0.2, -0.15) is 0 Å². The summed E-state index contributed by atoms with van der Waals surface area (Å²) in [5.74, 6) is 0.938. The maximum absolute atomic E-state index is 4.63. The summed E-state index contributed by atoms with van der Waals surface area (Å²) >= 11 is 0. The molecular formula is C21H20N6. The summed E-state index contributed by atoms with van der Waals surface area (Å²) in [6.07, 6.45) is 10.4. The lowest BCUT2D eigenvalue weighted by molar-refractivity contribution is 0.196. The summed E-state index contributed by atoms with van der Waals surface area (Å²) in [5, 5.41) is 0. The van der Waals surface area contributed by atoms with Gasteiger partial charge in [0.1, 0.15) is 5.82 Å². The first kappa shape index (κ1) is 16.0. The number of pyridine rings is 2. The van der Waals surface area contributed by atoms with Gasteiger partial charge >= 0.3 is 0 Å². The maximum Gasteiger partial charge on any atom is 0.136 e. The number of H-pyrrole nitrogens is 1. The van der Waals surface area contributed by atoms with Crippen molar-refractivity contribution >= 4 is 0 Å². The Kier molecular flexibility index (Phi) is 4.03. The zero-order chi connectivity index (χ0) is 18.1. The zero-order valence-corrected chi connectivity index (χ0v) is 14.9. The molecule has 0 unspecified atom stereocenters. The zero-order valence-electron chi connectivity index (χ0n) is 14.9. The van der Waals surface area contributed by atoms with Crippen LogP contribution in [0.3, 0.4) is 0 Å². The minimum absolute atomic E-state index is 0.0979. The second-order valence-corrected chi connectivity index (χ2v) is 6.73. The van der Waals surface area contributed by atoms with Gasteiger partial charge in [-0.15, -0.1) is 0 Å². The third kappa shape index (κ3) is 2.94. The van der Waals surface area contributed by atoms with Crippen LogP contribution in [0.2, 0.25) is 0 Å². The number of hydrogen-bond donors (Lipinski definition) is 1. The van der Waals surface area contributed by atoms with E-state index < -0.39 is 0 Å². The summed E-state index contributed by atoms with van der Waals surface area (Å²) in [6.45, 7) is 1.78. The molecule has 0 spiro atoms. The van der Waals surface area contributed by atoms with Gasteiger partial charge in [0.2, 0.25) is 0 Å². The Morgan fingerprint density at radius 3 is 2.89 bits per heavy atom. The third-order valence-corrected chi connectivity index (χ3v) is 5.12. The largest absolute Gasteiger partial charge is 0.348 e. The topological polar surface area (TPSA) is 62.6 Å².